The first-order valence-corrected chi connectivity index (χ1v) is 3.38. The van der Waals surface area contributed by atoms with E-state index in [0.717, 1.165) is 0 Å². The molecule has 5 nitrogen and oxygen atoms in total. The molecule has 0 aliphatic carbocycles. The molecular formula is C8H6NO4. The van der Waals surface area contributed by atoms with Gasteiger partial charge in [-0.1, -0.05) is 0 Å². The summed E-state index contributed by atoms with van der Waals surface area (Å²) in [6.45, 7) is 3.00. The second-order valence-electron chi connectivity index (χ2n) is 2.23. The largest absolute Gasteiger partial charge is 0.427 e. The van der Waals surface area contributed by atoms with Crippen LogP contribution >= 0.6 is 0 Å². The standard InChI is InChI=1S/C8H6NO4/c1-6(10)13-8-4-2-7(3-5-8)9(11)12/h2-5H,1H2. The van der Waals surface area contributed by atoms with E-state index in [9.17, 15) is 14.9 Å². The number of ether oxygens (including phenoxy) is 1. The Morgan fingerprint density at radius 2 is 1.92 bits per heavy atom. The zero-order valence-electron chi connectivity index (χ0n) is 6.60. The molecule has 1 radical (unpaired) electrons. The number of non-ortho nitro benzene ring substituents is 1. The maximum Gasteiger partial charge on any atom is 0.311 e. The topological polar surface area (TPSA) is 69.4 Å². The highest BCUT2D eigenvalue weighted by molar-refractivity contribution is 5.76. The highest BCUT2D eigenvalue weighted by Gasteiger charge is 2.04. The number of nitrogens with zero attached hydrogens (tertiary/aromatic N) is 1. The van der Waals surface area contributed by atoms with Crippen molar-refractivity contribution in [3.05, 3.63) is 41.3 Å². The first kappa shape index (κ1) is 9.18. The number of nitro benzene ring substituents is 1. The summed E-state index contributed by atoms with van der Waals surface area (Å²) in [5.41, 5.74) is -0.0520. The number of hydrogen-bond acceptors (Lipinski definition) is 4. The van der Waals surface area contributed by atoms with Crippen LogP contribution in [0.1, 0.15) is 0 Å². The fourth-order valence-corrected chi connectivity index (χ4v) is 0.767. The fourth-order valence-electron chi connectivity index (χ4n) is 0.767. The molecule has 0 fully saturated rings. The lowest BCUT2D eigenvalue weighted by Gasteiger charge is -1.98. The van der Waals surface area contributed by atoms with Crippen LogP contribution in [0.3, 0.4) is 0 Å². The summed E-state index contributed by atoms with van der Waals surface area (Å²) < 4.78 is 4.58. The Balaban J connectivity index is 2.81. The molecule has 0 aliphatic rings. The van der Waals surface area contributed by atoms with E-state index < -0.39 is 10.9 Å². The monoisotopic (exact) mass is 180 g/mol. The van der Waals surface area contributed by atoms with E-state index in [1.807, 2.05) is 0 Å². The average Bonchev–Trinajstić information content (AvgIpc) is 2.04. The third-order valence-electron chi connectivity index (χ3n) is 1.28. The number of benzene rings is 1. The van der Waals surface area contributed by atoms with Gasteiger partial charge in [0.1, 0.15) is 5.75 Å². The number of rotatable bonds is 2. The number of carbonyl (C=O) groups excluding carboxylic acids is 1. The molecule has 0 bridgehead atoms. The zero-order valence-corrected chi connectivity index (χ0v) is 6.60. The highest BCUT2D eigenvalue weighted by Crippen LogP contribution is 2.16. The van der Waals surface area contributed by atoms with E-state index in [1.54, 1.807) is 0 Å². The van der Waals surface area contributed by atoms with Gasteiger partial charge in [0.15, 0.2) is 0 Å². The minimum absolute atomic E-state index is 0.0520. The Morgan fingerprint density at radius 3 is 2.31 bits per heavy atom. The van der Waals surface area contributed by atoms with Gasteiger partial charge in [-0.25, -0.2) is 0 Å². The van der Waals surface area contributed by atoms with Crippen LogP contribution in [-0.2, 0) is 4.79 Å². The van der Waals surface area contributed by atoms with Gasteiger partial charge in [-0.3, -0.25) is 14.9 Å². The lowest BCUT2D eigenvalue weighted by molar-refractivity contribution is -0.384. The van der Waals surface area contributed by atoms with Gasteiger partial charge in [0, 0.05) is 12.1 Å². The minimum Gasteiger partial charge on any atom is -0.427 e. The summed E-state index contributed by atoms with van der Waals surface area (Å²) in [5, 5.41) is 10.2. The lowest BCUT2D eigenvalue weighted by atomic mass is 10.3. The van der Waals surface area contributed by atoms with Crippen LogP contribution < -0.4 is 4.74 Å². The summed E-state index contributed by atoms with van der Waals surface area (Å²) in [6, 6.07) is 5.17. The van der Waals surface area contributed by atoms with E-state index in [0.29, 0.717) is 0 Å². The van der Waals surface area contributed by atoms with Crippen LogP contribution in [0.2, 0.25) is 0 Å². The molecule has 1 aromatic carbocycles. The van der Waals surface area contributed by atoms with E-state index in [2.05, 4.69) is 11.7 Å². The van der Waals surface area contributed by atoms with E-state index in [4.69, 9.17) is 0 Å². The molecule has 0 heterocycles. The molecule has 0 N–H and O–H groups in total. The normalized spacial score (nSPS) is 9.31. The average molecular weight is 180 g/mol. The van der Waals surface area contributed by atoms with E-state index >= 15 is 0 Å². The van der Waals surface area contributed by atoms with Gasteiger partial charge >= 0.3 is 5.97 Å². The Hall–Kier alpha value is -1.91. The predicted octanol–water partition coefficient (Wildman–Crippen LogP) is 1.33. The highest BCUT2D eigenvalue weighted by atomic mass is 16.6. The minimum atomic E-state index is -0.700. The van der Waals surface area contributed by atoms with Gasteiger partial charge in [-0.2, -0.15) is 0 Å². The summed E-state index contributed by atoms with van der Waals surface area (Å²) in [4.78, 5) is 20.1. The van der Waals surface area contributed by atoms with Gasteiger partial charge in [0.2, 0.25) is 0 Å². The lowest BCUT2D eigenvalue weighted by Crippen LogP contribution is -2.01. The summed E-state index contributed by atoms with van der Waals surface area (Å²) in [7, 11) is 0. The molecular weight excluding hydrogens is 174 g/mol. The molecule has 5 heteroatoms. The van der Waals surface area contributed by atoms with Crippen molar-refractivity contribution in [3.63, 3.8) is 0 Å². The first-order valence-electron chi connectivity index (χ1n) is 3.38. The second kappa shape index (κ2) is 3.66. The molecule has 0 aromatic heterocycles. The smallest absolute Gasteiger partial charge is 0.311 e. The summed E-state index contributed by atoms with van der Waals surface area (Å²) >= 11 is 0. The van der Waals surface area contributed by atoms with Crippen molar-refractivity contribution >= 4 is 11.7 Å². The van der Waals surface area contributed by atoms with Crippen LogP contribution in [0.4, 0.5) is 5.69 Å². The number of nitro groups is 1. The maximum atomic E-state index is 10.4. The molecule has 0 saturated carbocycles. The number of esters is 1. The van der Waals surface area contributed by atoms with Crippen molar-refractivity contribution < 1.29 is 14.5 Å². The quantitative estimate of drug-likeness (QED) is 0.298. The van der Waals surface area contributed by atoms with Crippen LogP contribution in [0.5, 0.6) is 5.75 Å². The van der Waals surface area contributed by atoms with Crippen molar-refractivity contribution in [1.29, 1.82) is 0 Å². The van der Waals surface area contributed by atoms with Crippen molar-refractivity contribution in [2.75, 3.05) is 0 Å². The van der Waals surface area contributed by atoms with Crippen LogP contribution in [0.15, 0.2) is 24.3 Å². The zero-order chi connectivity index (χ0) is 9.84. The van der Waals surface area contributed by atoms with Crippen molar-refractivity contribution in [2.24, 2.45) is 0 Å². The Bertz CT molecular complexity index is 331. The van der Waals surface area contributed by atoms with Crippen LogP contribution in [-0.4, -0.2) is 10.9 Å². The second-order valence-corrected chi connectivity index (χ2v) is 2.23. The SMILES string of the molecule is [CH2]C(=O)Oc1ccc([N+](=O)[O-])cc1. The molecule has 1 aromatic rings. The maximum absolute atomic E-state index is 10.4. The molecule has 0 spiro atoms. The predicted molar refractivity (Wildman–Crippen MR) is 44.1 cm³/mol. The third-order valence-corrected chi connectivity index (χ3v) is 1.28. The number of hydrogen-bond donors (Lipinski definition) is 0. The van der Waals surface area contributed by atoms with Gasteiger partial charge < -0.3 is 4.74 Å². The summed E-state index contributed by atoms with van der Waals surface area (Å²) in [6.07, 6.45) is 0. The molecule has 0 amide bonds. The van der Waals surface area contributed by atoms with E-state index in [1.165, 1.54) is 24.3 Å². The Morgan fingerprint density at radius 1 is 1.38 bits per heavy atom. The van der Waals surface area contributed by atoms with Crippen molar-refractivity contribution in [1.82, 2.24) is 0 Å². The Kier molecular flexibility index (Phi) is 2.59. The number of carbonyl (C=O) groups is 1. The first-order chi connectivity index (χ1) is 6.09. The van der Waals surface area contributed by atoms with E-state index in [-0.39, 0.29) is 11.4 Å². The third kappa shape index (κ3) is 2.55. The molecule has 0 unspecified atom stereocenters. The van der Waals surface area contributed by atoms with Crippen LogP contribution in [0.25, 0.3) is 0 Å². The van der Waals surface area contributed by atoms with Gasteiger partial charge in [0.25, 0.3) is 5.69 Å². The molecule has 0 aliphatic heterocycles. The molecule has 13 heavy (non-hydrogen) atoms. The van der Waals surface area contributed by atoms with Gasteiger partial charge in [-0.15, -0.1) is 0 Å². The summed E-state index contributed by atoms with van der Waals surface area (Å²) in [5.74, 6) is -0.459. The molecule has 0 saturated heterocycles. The van der Waals surface area contributed by atoms with Gasteiger partial charge in [-0.05, 0) is 12.1 Å². The van der Waals surface area contributed by atoms with Crippen molar-refractivity contribution in [2.45, 2.75) is 0 Å². The Labute approximate surface area is 74.1 Å². The fraction of sp³-hybridized carbons (Fsp3) is 0. The van der Waals surface area contributed by atoms with Crippen molar-refractivity contribution in [3.8, 4) is 5.75 Å². The molecule has 67 valence electrons. The van der Waals surface area contributed by atoms with Crippen LogP contribution in [0, 0.1) is 17.0 Å². The molecule has 1 rings (SSSR count). The van der Waals surface area contributed by atoms with Gasteiger partial charge in [0.05, 0.1) is 11.8 Å². The molecule has 0 atom stereocenters.